The van der Waals surface area contributed by atoms with Gasteiger partial charge in [-0.05, 0) is 60.4 Å². The molecular formula is C25H25ClN4O2. The Balaban J connectivity index is 1.37. The number of pyridine rings is 1. The first-order chi connectivity index (χ1) is 15.5. The number of amides is 2. The van der Waals surface area contributed by atoms with E-state index in [9.17, 15) is 9.59 Å². The summed E-state index contributed by atoms with van der Waals surface area (Å²) in [6.07, 6.45) is 5.35. The minimum absolute atomic E-state index is 0.0365. The molecule has 164 valence electrons. The Bertz CT molecular complexity index is 1070. The zero-order valence-electron chi connectivity index (χ0n) is 17.6. The summed E-state index contributed by atoms with van der Waals surface area (Å²) >= 11 is 6.00. The number of anilines is 1. The molecule has 32 heavy (non-hydrogen) atoms. The summed E-state index contributed by atoms with van der Waals surface area (Å²) in [4.78, 5) is 31.3. The maximum Gasteiger partial charge on any atom is 0.255 e. The molecule has 2 atom stereocenters. The van der Waals surface area contributed by atoms with Crippen molar-refractivity contribution in [3.8, 4) is 0 Å². The molecule has 0 bridgehead atoms. The molecule has 0 aliphatic carbocycles. The van der Waals surface area contributed by atoms with Crippen LogP contribution >= 0.6 is 11.6 Å². The second-order valence-corrected chi connectivity index (χ2v) is 8.36. The second-order valence-electron chi connectivity index (χ2n) is 7.92. The van der Waals surface area contributed by atoms with Crippen molar-refractivity contribution in [1.29, 1.82) is 0 Å². The van der Waals surface area contributed by atoms with Crippen LogP contribution in [0.2, 0.25) is 5.02 Å². The first kappa shape index (κ1) is 22.0. The lowest BCUT2D eigenvalue weighted by molar-refractivity contribution is -0.132. The largest absolute Gasteiger partial charge is 0.336 e. The Morgan fingerprint density at radius 3 is 2.44 bits per heavy atom. The Hall–Kier alpha value is -3.22. The number of nitrogens with one attached hydrogen (secondary N) is 1. The first-order valence-corrected chi connectivity index (χ1v) is 11.0. The Morgan fingerprint density at radius 2 is 1.75 bits per heavy atom. The SMILES string of the molecule is NC(CC(=O)N1CCCC1c1ccc(Cl)cc1)c1ccc(C(=O)Nc2ccncc2)cc1. The normalized spacial score (nSPS) is 16.6. The Kier molecular flexibility index (Phi) is 6.83. The number of nitrogens with two attached hydrogens (primary N) is 1. The van der Waals surface area contributed by atoms with E-state index in [1.165, 1.54) is 0 Å². The van der Waals surface area contributed by atoms with E-state index in [-0.39, 0.29) is 24.3 Å². The van der Waals surface area contributed by atoms with E-state index in [1.54, 1.807) is 48.8 Å². The summed E-state index contributed by atoms with van der Waals surface area (Å²) in [5.41, 5.74) is 9.46. The molecule has 1 saturated heterocycles. The van der Waals surface area contributed by atoms with Gasteiger partial charge in [-0.15, -0.1) is 0 Å². The molecule has 3 aromatic rings. The fourth-order valence-electron chi connectivity index (χ4n) is 4.04. The van der Waals surface area contributed by atoms with Crippen molar-refractivity contribution in [1.82, 2.24) is 9.88 Å². The highest BCUT2D eigenvalue weighted by atomic mass is 35.5. The number of likely N-dealkylation sites (tertiary alicyclic amines) is 1. The second kappa shape index (κ2) is 9.94. The zero-order valence-corrected chi connectivity index (χ0v) is 18.3. The molecule has 1 fully saturated rings. The van der Waals surface area contributed by atoms with Crippen molar-refractivity contribution in [2.24, 2.45) is 5.73 Å². The lowest BCUT2D eigenvalue weighted by Gasteiger charge is -2.26. The van der Waals surface area contributed by atoms with Gasteiger partial charge < -0.3 is 16.0 Å². The minimum Gasteiger partial charge on any atom is -0.336 e. The predicted molar refractivity (Wildman–Crippen MR) is 125 cm³/mol. The van der Waals surface area contributed by atoms with Crippen LogP contribution in [0.5, 0.6) is 0 Å². The molecule has 2 heterocycles. The van der Waals surface area contributed by atoms with Gasteiger partial charge in [0.15, 0.2) is 0 Å². The van der Waals surface area contributed by atoms with Gasteiger partial charge in [-0.2, -0.15) is 0 Å². The van der Waals surface area contributed by atoms with Crippen LogP contribution < -0.4 is 11.1 Å². The van der Waals surface area contributed by atoms with Gasteiger partial charge in [0.1, 0.15) is 0 Å². The van der Waals surface area contributed by atoms with E-state index >= 15 is 0 Å². The average molecular weight is 449 g/mol. The number of rotatable bonds is 6. The molecule has 2 amide bonds. The third kappa shape index (κ3) is 5.15. The van der Waals surface area contributed by atoms with Gasteiger partial charge in [0.2, 0.25) is 5.91 Å². The summed E-state index contributed by atoms with van der Waals surface area (Å²) in [6.45, 7) is 0.729. The predicted octanol–water partition coefficient (Wildman–Crippen LogP) is 4.74. The van der Waals surface area contributed by atoms with Gasteiger partial charge >= 0.3 is 0 Å². The third-order valence-electron chi connectivity index (χ3n) is 5.76. The molecule has 2 aromatic carbocycles. The van der Waals surface area contributed by atoms with E-state index in [2.05, 4.69) is 10.3 Å². The molecule has 1 aromatic heterocycles. The molecule has 1 aliphatic rings. The van der Waals surface area contributed by atoms with Crippen LogP contribution in [0.4, 0.5) is 5.69 Å². The number of carbonyl (C=O) groups is 2. The fourth-order valence-corrected chi connectivity index (χ4v) is 4.17. The summed E-state index contributed by atoms with van der Waals surface area (Å²) in [6, 6.07) is 17.8. The van der Waals surface area contributed by atoms with Crippen molar-refractivity contribution < 1.29 is 9.59 Å². The number of halogens is 1. The third-order valence-corrected chi connectivity index (χ3v) is 6.01. The van der Waals surface area contributed by atoms with Crippen LogP contribution in [-0.2, 0) is 4.79 Å². The van der Waals surface area contributed by atoms with Gasteiger partial charge in [-0.1, -0.05) is 35.9 Å². The molecule has 4 rings (SSSR count). The number of aromatic nitrogens is 1. The van der Waals surface area contributed by atoms with Gasteiger partial charge in [0.05, 0.1) is 6.04 Å². The Labute approximate surface area is 192 Å². The van der Waals surface area contributed by atoms with Crippen LogP contribution in [0.3, 0.4) is 0 Å². The molecular weight excluding hydrogens is 424 g/mol. The summed E-state index contributed by atoms with van der Waals surface area (Å²) < 4.78 is 0. The highest BCUT2D eigenvalue weighted by molar-refractivity contribution is 6.30. The van der Waals surface area contributed by atoms with Gasteiger partial charge in [0, 0.05) is 47.7 Å². The molecule has 6 nitrogen and oxygen atoms in total. The smallest absolute Gasteiger partial charge is 0.255 e. The minimum atomic E-state index is -0.439. The quantitative estimate of drug-likeness (QED) is 0.570. The zero-order chi connectivity index (χ0) is 22.5. The van der Waals surface area contributed by atoms with Crippen LogP contribution in [-0.4, -0.2) is 28.2 Å². The lowest BCUT2D eigenvalue weighted by Crippen LogP contribution is -2.33. The summed E-state index contributed by atoms with van der Waals surface area (Å²) in [5.74, 6) is -0.176. The van der Waals surface area contributed by atoms with E-state index in [0.29, 0.717) is 16.3 Å². The van der Waals surface area contributed by atoms with Crippen LogP contribution in [0.15, 0.2) is 73.1 Å². The monoisotopic (exact) mass is 448 g/mol. The van der Waals surface area contributed by atoms with E-state index in [0.717, 1.165) is 30.5 Å². The van der Waals surface area contributed by atoms with Crippen molar-refractivity contribution >= 4 is 29.1 Å². The van der Waals surface area contributed by atoms with Crippen molar-refractivity contribution in [3.05, 3.63) is 94.8 Å². The first-order valence-electron chi connectivity index (χ1n) is 10.6. The molecule has 3 N–H and O–H groups in total. The molecule has 0 spiro atoms. The fraction of sp³-hybridized carbons (Fsp3) is 0.240. The summed E-state index contributed by atoms with van der Waals surface area (Å²) in [5, 5.41) is 3.51. The topological polar surface area (TPSA) is 88.3 Å². The number of nitrogens with zero attached hydrogens (tertiary/aromatic N) is 2. The van der Waals surface area contributed by atoms with Gasteiger partial charge in [-0.25, -0.2) is 0 Å². The standard InChI is InChI=1S/C25H25ClN4O2/c26-20-9-7-18(8-10-20)23-2-1-15-30(23)24(31)16-22(27)17-3-5-19(6-4-17)25(32)29-21-11-13-28-14-12-21/h3-14,22-23H,1-2,15-16,27H2,(H,28,29,32). The van der Waals surface area contributed by atoms with Crippen molar-refractivity contribution in [3.63, 3.8) is 0 Å². The van der Waals surface area contributed by atoms with Crippen LogP contribution in [0, 0.1) is 0 Å². The number of carbonyl (C=O) groups excluding carboxylic acids is 2. The van der Waals surface area contributed by atoms with Crippen molar-refractivity contribution in [2.75, 3.05) is 11.9 Å². The molecule has 0 radical (unpaired) electrons. The van der Waals surface area contributed by atoms with Gasteiger partial charge in [-0.3, -0.25) is 14.6 Å². The van der Waals surface area contributed by atoms with E-state index in [4.69, 9.17) is 17.3 Å². The highest BCUT2D eigenvalue weighted by Crippen LogP contribution is 2.33. The molecule has 1 aliphatic heterocycles. The number of hydrogen-bond acceptors (Lipinski definition) is 4. The molecule has 0 saturated carbocycles. The lowest BCUT2D eigenvalue weighted by atomic mass is 10.0. The van der Waals surface area contributed by atoms with E-state index in [1.807, 2.05) is 29.2 Å². The van der Waals surface area contributed by atoms with Crippen LogP contribution in [0.25, 0.3) is 0 Å². The van der Waals surface area contributed by atoms with Crippen LogP contribution in [0.1, 0.15) is 52.8 Å². The maximum atomic E-state index is 13.0. The highest BCUT2D eigenvalue weighted by Gasteiger charge is 2.30. The van der Waals surface area contributed by atoms with E-state index < -0.39 is 6.04 Å². The number of benzene rings is 2. The molecule has 2 unspecified atom stereocenters. The number of hydrogen-bond donors (Lipinski definition) is 2. The molecule has 7 heteroatoms. The Morgan fingerprint density at radius 1 is 1.06 bits per heavy atom. The average Bonchev–Trinajstić information content (AvgIpc) is 3.30. The summed E-state index contributed by atoms with van der Waals surface area (Å²) in [7, 11) is 0. The van der Waals surface area contributed by atoms with Gasteiger partial charge in [0.25, 0.3) is 5.91 Å². The van der Waals surface area contributed by atoms with Crippen molar-refractivity contribution in [2.45, 2.75) is 31.3 Å². The maximum absolute atomic E-state index is 13.0.